The van der Waals surface area contributed by atoms with Crippen molar-refractivity contribution in [1.29, 1.82) is 0 Å². The number of aliphatic hydroxyl groups excluding tert-OH is 1. The lowest BCUT2D eigenvalue weighted by Gasteiger charge is -2.33. The van der Waals surface area contributed by atoms with E-state index in [9.17, 15) is 67.7 Å². The van der Waals surface area contributed by atoms with E-state index < -0.39 is 214 Å². The predicted molar refractivity (Wildman–Crippen MR) is 397 cm³/mol. The number of carbonyl (C=O) groups excluding carboxylic acids is 14. The highest BCUT2D eigenvalue weighted by Gasteiger charge is 2.45. The van der Waals surface area contributed by atoms with Crippen LogP contribution in [0.3, 0.4) is 0 Å². The first kappa shape index (κ1) is 91.6. The van der Waals surface area contributed by atoms with E-state index in [0.29, 0.717) is 31.2 Å². The number of benzene rings is 1. The molecule has 2 fully saturated rings. The fourth-order valence-electron chi connectivity index (χ4n) is 12.1. The van der Waals surface area contributed by atoms with Crippen LogP contribution in [0.4, 0.5) is 0 Å². The molecule has 0 aromatic heterocycles. The fraction of sp³-hybridized carbons (Fsp3) is 0.707. The summed E-state index contributed by atoms with van der Waals surface area (Å²) < 4.78 is 5.96. The van der Waals surface area contributed by atoms with Gasteiger partial charge in [0, 0.05) is 19.4 Å². The molecule has 2 aliphatic rings. The summed E-state index contributed by atoms with van der Waals surface area (Å²) in [4.78, 5) is 202. The van der Waals surface area contributed by atoms with Gasteiger partial charge in [-0.15, -0.1) is 0 Å². The van der Waals surface area contributed by atoms with Crippen LogP contribution in [0.1, 0.15) is 195 Å². The molecule has 0 saturated carbocycles. The van der Waals surface area contributed by atoms with Crippen molar-refractivity contribution < 1.29 is 82.1 Å². The Morgan fingerprint density at radius 2 is 1.18 bits per heavy atom. The first-order valence-corrected chi connectivity index (χ1v) is 37.5. The van der Waals surface area contributed by atoms with Crippen molar-refractivity contribution in [2.45, 2.75) is 286 Å². The van der Waals surface area contributed by atoms with Crippen LogP contribution in [0, 0.1) is 41.4 Å². The summed E-state index contributed by atoms with van der Waals surface area (Å²) in [5.74, 6) is -15.9. The van der Waals surface area contributed by atoms with Gasteiger partial charge in [-0.25, -0.2) is 4.79 Å². The summed E-state index contributed by atoms with van der Waals surface area (Å²) in [6.07, 6.45) is 0.00873. The highest BCUT2D eigenvalue weighted by Crippen LogP contribution is 2.23. The number of nitrogens with two attached hydrogens (primary N) is 1. The molecule has 31 nitrogen and oxygen atoms in total. The zero-order chi connectivity index (χ0) is 80.4. The number of nitrogens with one attached hydrogen (secondary N) is 12. The molecule has 106 heavy (non-hydrogen) atoms. The molecule has 0 spiro atoms. The predicted octanol–water partition coefficient (Wildman–Crippen LogP) is 0.951. The van der Waals surface area contributed by atoms with E-state index >= 15 is 9.59 Å². The van der Waals surface area contributed by atoms with Crippen LogP contribution in [0.2, 0.25) is 0 Å². The molecule has 0 unspecified atom stereocenters. The molecule has 2 heterocycles. The molecule has 2 aliphatic heterocycles. The first-order chi connectivity index (χ1) is 49.5. The van der Waals surface area contributed by atoms with Gasteiger partial charge in [0.1, 0.15) is 84.3 Å². The molecule has 1 aromatic rings. The number of nitrogens with zero attached hydrogens (tertiary/aromatic N) is 1. The number of ether oxygens (including phenoxy) is 1. The Morgan fingerprint density at radius 1 is 0.642 bits per heavy atom. The van der Waals surface area contributed by atoms with Crippen LogP contribution in [0.5, 0.6) is 0 Å². The number of rotatable bonds is 33. The van der Waals surface area contributed by atoms with E-state index in [0.717, 1.165) is 0 Å². The second-order valence-corrected chi connectivity index (χ2v) is 30.6. The van der Waals surface area contributed by atoms with Gasteiger partial charge >= 0.3 is 5.97 Å². The molecule has 16 atom stereocenters. The van der Waals surface area contributed by atoms with E-state index in [2.05, 4.69) is 63.8 Å². The number of hydrogen-bond acceptors (Lipinski definition) is 18. The van der Waals surface area contributed by atoms with E-state index in [-0.39, 0.29) is 57.3 Å². The molecule has 13 amide bonds. The van der Waals surface area contributed by atoms with E-state index in [1.807, 2.05) is 0 Å². The number of esters is 1. The minimum Gasteiger partial charge on any atom is -0.458 e. The Morgan fingerprint density at radius 3 is 1.71 bits per heavy atom. The summed E-state index contributed by atoms with van der Waals surface area (Å²) >= 11 is 0. The maximum atomic E-state index is 15.0. The highest BCUT2D eigenvalue weighted by atomic mass is 16.5. The van der Waals surface area contributed by atoms with Crippen LogP contribution in [-0.4, -0.2) is 201 Å². The Balaban J connectivity index is 1.99. The lowest BCUT2D eigenvalue weighted by Crippen LogP contribution is -2.64. The summed E-state index contributed by atoms with van der Waals surface area (Å²) in [6, 6.07) is -7.88. The topological polar surface area (TPSA) is 462 Å². The number of allylic oxidation sites excluding steroid dienone is 1. The molecule has 16 N–H and O–H groups in total. The Bertz CT molecular complexity index is 3210. The largest absolute Gasteiger partial charge is 0.458 e. The molecule has 1 aromatic carbocycles. The second-order valence-electron chi connectivity index (χ2n) is 30.6. The Kier molecular flexibility index (Phi) is 37.4. The highest BCUT2D eigenvalue weighted by molar-refractivity contribution is 6.03. The van der Waals surface area contributed by atoms with Gasteiger partial charge in [0.15, 0.2) is 0 Å². The third-order valence-electron chi connectivity index (χ3n) is 19.3. The molecule has 596 valence electrons. The number of likely N-dealkylation sites (tertiary alicyclic amines) is 1. The van der Waals surface area contributed by atoms with Crippen molar-refractivity contribution >= 4 is 82.8 Å². The van der Waals surface area contributed by atoms with Gasteiger partial charge in [0.05, 0.1) is 11.7 Å². The molecule has 0 radical (unpaired) electrons. The number of cyclic esters (lactones) is 1. The maximum Gasteiger partial charge on any atom is 0.329 e. The lowest BCUT2D eigenvalue weighted by molar-refractivity contribution is -0.157. The number of aliphatic hydroxyl groups is 2. The van der Waals surface area contributed by atoms with Crippen LogP contribution in [-0.2, 0) is 78.3 Å². The van der Waals surface area contributed by atoms with Gasteiger partial charge in [-0.3, -0.25) is 62.3 Å². The van der Waals surface area contributed by atoms with Gasteiger partial charge in [0.25, 0.3) is 5.91 Å². The van der Waals surface area contributed by atoms with Gasteiger partial charge in [-0.2, -0.15) is 0 Å². The summed E-state index contributed by atoms with van der Waals surface area (Å²) in [6.45, 7) is 30.7. The maximum absolute atomic E-state index is 15.0. The zero-order valence-electron chi connectivity index (χ0n) is 65.6. The summed E-state index contributed by atoms with van der Waals surface area (Å²) in [5.41, 5.74) is 5.33. The van der Waals surface area contributed by atoms with Crippen molar-refractivity contribution in [2.24, 2.45) is 47.2 Å². The number of amides is 13. The minimum atomic E-state index is -1.83. The number of carbonyl (C=O) groups is 14. The molecule has 31 heteroatoms. The monoisotopic (exact) mass is 1490 g/mol. The fourth-order valence-corrected chi connectivity index (χ4v) is 12.1. The van der Waals surface area contributed by atoms with Gasteiger partial charge in [-0.1, -0.05) is 146 Å². The van der Waals surface area contributed by atoms with E-state index in [1.54, 1.807) is 141 Å². The Hall–Kier alpha value is -8.58. The third-order valence-corrected chi connectivity index (χ3v) is 19.3. The molecule has 0 bridgehead atoms. The Labute approximate surface area is 625 Å². The van der Waals surface area contributed by atoms with Crippen molar-refractivity contribution in [3.8, 4) is 0 Å². The average molecular weight is 1490 g/mol. The van der Waals surface area contributed by atoms with E-state index in [4.69, 9.17) is 10.5 Å². The SMILES string of the molecule is C/C=C1\NC(=O)[C@H](Cc2ccccc2)NC(=O)[C@@H](C(C)C)NC(=O)[C@H]([C@@H](C)CC)NC(=O)[C@H](NC(=O)[C@H](NC(=O)[C@H](CCCN)NC(=O)[C@H]2CCCN2C(=O)[C@H](NC(=O)[C@@H](NC(=O)[C@@H](NC(=O)[C@H](NC(=O)CCCC(C)(C)O)C(C)C)[C@@H](C)O)C(C)C)C(C)C)[C@@H](C)CC)[C@@H](C)OC(=O)[C@H](C(C)C)NC1=O. The number of hydrogen-bond donors (Lipinski definition) is 15. The quantitative estimate of drug-likeness (QED) is 0.0344. The van der Waals surface area contributed by atoms with Crippen molar-refractivity contribution in [1.82, 2.24) is 68.7 Å². The molecule has 3 rings (SSSR count). The second kappa shape index (κ2) is 43.3. The molecule has 0 aliphatic carbocycles. The van der Waals surface area contributed by atoms with Crippen LogP contribution >= 0.6 is 0 Å². The average Bonchev–Trinajstić information content (AvgIpc) is 1.54. The van der Waals surface area contributed by atoms with Crippen LogP contribution < -0.4 is 69.5 Å². The first-order valence-electron chi connectivity index (χ1n) is 37.5. The van der Waals surface area contributed by atoms with Crippen molar-refractivity contribution in [3.63, 3.8) is 0 Å². The van der Waals surface area contributed by atoms with Crippen LogP contribution in [0.25, 0.3) is 0 Å². The third kappa shape index (κ3) is 28.0. The summed E-state index contributed by atoms with van der Waals surface area (Å²) in [5, 5.41) is 53.1. The minimum absolute atomic E-state index is 0.0134. The van der Waals surface area contributed by atoms with Crippen molar-refractivity contribution in [3.05, 3.63) is 47.7 Å². The smallest absolute Gasteiger partial charge is 0.329 e. The molecule has 2 saturated heterocycles. The van der Waals surface area contributed by atoms with Gasteiger partial charge < -0.3 is 89.4 Å². The lowest BCUT2D eigenvalue weighted by atomic mass is 9.95. The van der Waals surface area contributed by atoms with Gasteiger partial charge in [0.2, 0.25) is 70.9 Å². The normalized spacial score (nSPS) is 22.6. The zero-order valence-corrected chi connectivity index (χ0v) is 65.6. The molecular formula is C75H124N14O17. The van der Waals surface area contributed by atoms with Gasteiger partial charge in [-0.05, 0) is 127 Å². The van der Waals surface area contributed by atoms with Crippen LogP contribution in [0.15, 0.2) is 42.1 Å². The summed E-state index contributed by atoms with van der Waals surface area (Å²) in [7, 11) is 0. The van der Waals surface area contributed by atoms with Crippen molar-refractivity contribution in [2.75, 3.05) is 13.1 Å². The molecular weight excluding hydrogens is 1370 g/mol. The van der Waals surface area contributed by atoms with E-state index in [1.165, 1.54) is 31.7 Å². The standard InChI is InChI=1S/C75H124N14O17/c1-20-43(14)58(70(100)88-61-46(17)106-74(104)57(42(12)13)84-62(92)48(22-3)77-64(94)50(37-47-29-24-23-25-30-47)79-66(96)54(39(6)7)81-69(99)59(44(15)21-2)86-72(61)102)85-63(93)49(31-27-35-76)78-65(95)51-32-28-36-89(51)73(103)56(41(10)11)83-68(98)55(40(8)9)82-71(101)60(45(16)90)87-67(97)53(38(4)5)80-52(91)33-26-34-75(18,19)105/h22-25,29-30,38-46,49-51,53-61,90,105H,20-21,26-28,31-37,76H2,1-19H3,(H,77,94)(H,78,95)(H,79,96)(H,80,91)(H,81,99)(H,82,101)(H,83,98)(H,84,92)(H,85,93)(H,86,102)(H,87,97)(H,88,100)/b48-22-/t43-,44-,45+,46+,49-,50-,51+,53+,54+,55-,56+,57-,58+,59-,60-,61+/m0/s1.